The van der Waals surface area contributed by atoms with Crippen LogP contribution in [0.4, 0.5) is 0 Å². The number of nitrogens with two attached hydrogens (primary N) is 1. The van der Waals surface area contributed by atoms with Gasteiger partial charge in [-0.15, -0.1) is 0 Å². The van der Waals surface area contributed by atoms with Crippen molar-refractivity contribution in [1.29, 1.82) is 0 Å². The molecule has 0 heterocycles. The van der Waals surface area contributed by atoms with E-state index in [9.17, 15) is 4.79 Å². The van der Waals surface area contributed by atoms with Crippen molar-refractivity contribution in [2.45, 2.75) is 76.3 Å². The van der Waals surface area contributed by atoms with Crippen LogP contribution in [-0.4, -0.2) is 17.5 Å². The Morgan fingerprint density at radius 2 is 2.00 bits per heavy atom. The number of carbonyl (C=O) groups excluding carboxylic acids is 1. The van der Waals surface area contributed by atoms with Gasteiger partial charge in [0, 0.05) is 6.04 Å². The van der Waals surface area contributed by atoms with E-state index in [1.54, 1.807) is 0 Å². The lowest BCUT2D eigenvalue weighted by atomic mass is 9.85. The zero-order chi connectivity index (χ0) is 12.3. The lowest BCUT2D eigenvalue weighted by molar-refractivity contribution is -0.123. The van der Waals surface area contributed by atoms with Gasteiger partial charge in [-0.2, -0.15) is 0 Å². The van der Waals surface area contributed by atoms with Gasteiger partial charge in [-0.1, -0.05) is 32.1 Å². The van der Waals surface area contributed by atoms with E-state index in [0.29, 0.717) is 0 Å². The topological polar surface area (TPSA) is 55.1 Å². The molecule has 0 aromatic heterocycles. The van der Waals surface area contributed by atoms with Gasteiger partial charge >= 0.3 is 0 Å². The molecule has 1 atom stereocenters. The lowest BCUT2D eigenvalue weighted by Gasteiger charge is -2.23. The van der Waals surface area contributed by atoms with E-state index in [-0.39, 0.29) is 11.9 Å². The maximum Gasteiger partial charge on any atom is 0.240 e. The molecule has 0 bridgehead atoms. The maximum absolute atomic E-state index is 11.8. The van der Waals surface area contributed by atoms with Crippen molar-refractivity contribution in [3.05, 3.63) is 0 Å². The van der Waals surface area contributed by atoms with Crippen LogP contribution in [0.25, 0.3) is 0 Å². The molecule has 0 saturated heterocycles. The first-order chi connectivity index (χ1) is 8.10. The summed E-state index contributed by atoms with van der Waals surface area (Å²) in [5.74, 6) is 0.963. The van der Waals surface area contributed by atoms with Gasteiger partial charge in [-0.3, -0.25) is 4.79 Å². The number of hydrogen-bond donors (Lipinski definition) is 2. The predicted molar refractivity (Wildman–Crippen MR) is 69.6 cm³/mol. The highest BCUT2D eigenvalue weighted by Gasteiger charge is 2.46. The first kappa shape index (κ1) is 12.9. The molecule has 2 saturated carbocycles. The van der Waals surface area contributed by atoms with E-state index in [4.69, 9.17) is 5.73 Å². The third kappa shape index (κ3) is 3.70. The third-order valence-electron chi connectivity index (χ3n) is 4.35. The van der Waals surface area contributed by atoms with E-state index in [1.165, 1.54) is 38.5 Å². The Bertz CT molecular complexity index is 267. The Morgan fingerprint density at radius 3 is 2.59 bits per heavy atom. The van der Waals surface area contributed by atoms with Crippen molar-refractivity contribution in [3.8, 4) is 0 Å². The number of hydrogen-bond acceptors (Lipinski definition) is 2. The number of amides is 1. The van der Waals surface area contributed by atoms with Crippen LogP contribution in [0.3, 0.4) is 0 Å². The fourth-order valence-electron chi connectivity index (χ4n) is 2.76. The van der Waals surface area contributed by atoms with Gasteiger partial charge in [0.25, 0.3) is 0 Å². The fourth-order valence-corrected chi connectivity index (χ4v) is 2.76. The first-order valence-electron chi connectivity index (χ1n) is 7.20. The Morgan fingerprint density at radius 1 is 1.35 bits per heavy atom. The standard InChI is InChI=1S/C14H26N2O/c1-11(16-13(17)14(15)9-10-14)7-8-12-5-3-2-4-6-12/h11-12H,2-10,15H2,1H3,(H,16,17). The second-order valence-electron chi connectivity index (χ2n) is 6.11. The van der Waals surface area contributed by atoms with E-state index in [1.807, 2.05) is 0 Å². The largest absolute Gasteiger partial charge is 0.352 e. The molecule has 2 rings (SSSR count). The molecule has 3 N–H and O–H groups in total. The molecule has 3 nitrogen and oxygen atoms in total. The summed E-state index contributed by atoms with van der Waals surface area (Å²) in [7, 11) is 0. The molecule has 17 heavy (non-hydrogen) atoms. The lowest BCUT2D eigenvalue weighted by Crippen LogP contribution is -2.46. The molecular formula is C14H26N2O. The summed E-state index contributed by atoms with van der Waals surface area (Å²) in [4.78, 5) is 11.8. The number of carbonyl (C=O) groups is 1. The van der Waals surface area contributed by atoms with E-state index in [2.05, 4.69) is 12.2 Å². The quantitative estimate of drug-likeness (QED) is 0.772. The monoisotopic (exact) mass is 238 g/mol. The zero-order valence-corrected chi connectivity index (χ0v) is 11.0. The van der Waals surface area contributed by atoms with Crippen LogP contribution >= 0.6 is 0 Å². The summed E-state index contributed by atoms with van der Waals surface area (Å²) in [6.45, 7) is 2.10. The molecule has 0 aromatic carbocycles. The van der Waals surface area contributed by atoms with Gasteiger partial charge in [-0.25, -0.2) is 0 Å². The molecule has 2 aliphatic carbocycles. The Kier molecular flexibility index (Phi) is 4.08. The molecule has 0 radical (unpaired) electrons. The molecule has 0 aromatic rings. The van der Waals surface area contributed by atoms with Crippen LogP contribution in [0, 0.1) is 5.92 Å². The predicted octanol–water partition coefficient (Wildman–Crippen LogP) is 2.34. The fraction of sp³-hybridized carbons (Fsp3) is 0.929. The van der Waals surface area contributed by atoms with Crippen molar-refractivity contribution in [1.82, 2.24) is 5.32 Å². The highest BCUT2D eigenvalue weighted by atomic mass is 16.2. The van der Waals surface area contributed by atoms with Crippen LogP contribution in [-0.2, 0) is 4.79 Å². The molecule has 2 fully saturated rings. The van der Waals surface area contributed by atoms with Crippen molar-refractivity contribution < 1.29 is 4.79 Å². The number of rotatable bonds is 5. The molecule has 98 valence electrons. The SMILES string of the molecule is CC(CCC1CCCCC1)NC(=O)C1(N)CC1. The summed E-state index contributed by atoms with van der Waals surface area (Å²) in [6.07, 6.45) is 11.1. The highest BCUT2D eigenvalue weighted by molar-refractivity contribution is 5.89. The molecule has 2 aliphatic rings. The second kappa shape index (κ2) is 5.38. The van der Waals surface area contributed by atoms with Gasteiger partial charge in [0.05, 0.1) is 5.54 Å². The minimum Gasteiger partial charge on any atom is -0.352 e. The normalized spacial score (nSPS) is 25.3. The average molecular weight is 238 g/mol. The van der Waals surface area contributed by atoms with Crippen LogP contribution in [0.5, 0.6) is 0 Å². The molecule has 1 amide bonds. The summed E-state index contributed by atoms with van der Waals surface area (Å²) in [6, 6.07) is 0.283. The highest BCUT2D eigenvalue weighted by Crippen LogP contribution is 2.32. The van der Waals surface area contributed by atoms with Crippen molar-refractivity contribution in [3.63, 3.8) is 0 Å². The van der Waals surface area contributed by atoms with Crippen molar-refractivity contribution in [2.24, 2.45) is 11.7 Å². The van der Waals surface area contributed by atoms with Crippen LogP contribution in [0.2, 0.25) is 0 Å². The van der Waals surface area contributed by atoms with Gasteiger partial charge in [0.15, 0.2) is 0 Å². The molecule has 0 aliphatic heterocycles. The van der Waals surface area contributed by atoms with Gasteiger partial charge in [0.1, 0.15) is 0 Å². The van der Waals surface area contributed by atoms with Crippen molar-refractivity contribution >= 4 is 5.91 Å². The molecule has 1 unspecified atom stereocenters. The average Bonchev–Trinajstić information content (AvgIpc) is 3.07. The van der Waals surface area contributed by atoms with Crippen molar-refractivity contribution in [2.75, 3.05) is 0 Å². The third-order valence-corrected chi connectivity index (χ3v) is 4.35. The van der Waals surface area contributed by atoms with E-state index < -0.39 is 5.54 Å². The smallest absolute Gasteiger partial charge is 0.240 e. The second-order valence-corrected chi connectivity index (χ2v) is 6.11. The minimum atomic E-state index is -0.515. The van der Waals surface area contributed by atoms with Crippen LogP contribution < -0.4 is 11.1 Å². The first-order valence-corrected chi connectivity index (χ1v) is 7.20. The zero-order valence-electron chi connectivity index (χ0n) is 11.0. The summed E-state index contributed by atoms with van der Waals surface area (Å²) >= 11 is 0. The van der Waals surface area contributed by atoms with Crippen LogP contribution in [0.1, 0.15) is 64.7 Å². The van der Waals surface area contributed by atoms with Gasteiger partial charge < -0.3 is 11.1 Å². The Labute approximate surface area is 105 Å². The van der Waals surface area contributed by atoms with E-state index in [0.717, 1.165) is 25.2 Å². The summed E-state index contributed by atoms with van der Waals surface area (Å²) in [5.41, 5.74) is 5.35. The molecule has 0 spiro atoms. The number of nitrogens with one attached hydrogen (secondary N) is 1. The Hall–Kier alpha value is -0.570. The van der Waals surface area contributed by atoms with Gasteiger partial charge in [0.2, 0.25) is 5.91 Å². The van der Waals surface area contributed by atoms with E-state index >= 15 is 0 Å². The summed E-state index contributed by atoms with van der Waals surface area (Å²) in [5, 5.41) is 3.06. The summed E-state index contributed by atoms with van der Waals surface area (Å²) < 4.78 is 0. The minimum absolute atomic E-state index is 0.0636. The van der Waals surface area contributed by atoms with Crippen LogP contribution in [0.15, 0.2) is 0 Å². The molecular weight excluding hydrogens is 212 g/mol. The molecule has 3 heteroatoms. The Balaban J connectivity index is 1.63. The van der Waals surface area contributed by atoms with Gasteiger partial charge in [-0.05, 0) is 38.5 Å². The maximum atomic E-state index is 11.8.